The molecule has 0 spiro atoms. The summed E-state index contributed by atoms with van der Waals surface area (Å²) in [7, 11) is -4.16. The number of hydrogen-bond acceptors (Lipinski definition) is 6. The van der Waals surface area contributed by atoms with Gasteiger partial charge in [0, 0.05) is 23.1 Å². The number of thiophene rings is 1. The lowest BCUT2D eigenvalue weighted by Gasteiger charge is -2.22. The number of benzene rings is 2. The van der Waals surface area contributed by atoms with Crippen LogP contribution >= 0.6 is 11.3 Å². The molecule has 204 valence electrons. The van der Waals surface area contributed by atoms with Crippen LogP contribution in [0, 0.1) is 12.8 Å². The van der Waals surface area contributed by atoms with Crippen molar-refractivity contribution in [3.63, 3.8) is 0 Å². The van der Waals surface area contributed by atoms with Gasteiger partial charge in [0.05, 0.1) is 13.2 Å². The molecule has 0 unspecified atom stereocenters. The van der Waals surface area contributed by atoms with Gasteiger partial charge in [-0.25, -0.2) is 17.9 Å². The molecule has 0 saturated heterocycles. The summed E-state index contributed by atoms with van der Waals surface area (Å²) in [5, 5.41) is 0. The fraction of sp³-hybridized carbons (Fsp3) is 0.379. The SMILES string of the molecule is CCCCOC(=O)NS(=O)(=O)c1sc(CC(C)C)cc1-c1cccc(CN(C(C)=O)c2ccc(C)cc2)c1. The number of carbonyl (C=O) groups excluding carboxylic acids is 2. The van der Waals surface area contributed by atoms with E-state index in [1.165, 1.54) is 6.92 Å². The average molecular weight is 557 g/mol. The zero-order valence-corrected chi connectivity index (χ0v) is 24.2. The van der Waals surface area contributed by atoms with E-state index in [1.54, 1.807) is 4.90 Å². The molecule has 0 aliphatic rings. The third kappa shape index (κ3) is 7.91. The summed E-state index contributed by atoms with van der Waals surface area (Å²) in [6.07, 6.45) is 1.21. The molecule has 7 nitrogen and oxygen atoms in total. The van der Waals surface area contributed by atoms with Crippen LogP contribution in [0.2, 0.25) is 0 Å². The maximum absolute atomic E-state index is 13.3. The highest BCUT2D eigenvalue weighted by molar-refractivity contribution is 7.92. The first-order valence-electron chi connectivity index (χ1n) is 12.8. The summed E-state index contributed by atoms with van der Waals surface area (Å²) in [6.45, 7) is 10.1. The summed E-state index contributed by atoms with van der Waals surface area (Å²) < 4.78 is 33.7. The van der Waals surface area contributed by atoms with Crippen molar-refractivity contribution in [2.45, 2.75) is 64.6 Å². The lowest BCUT2D eigenvalue weighted by Crippen LogP contribution is -2.31. The minimum atomic E-state index is -4.16. The first kappa shape index (κ1) is 29.4. The predicted molar refractivity (Wildman–Crippen MR) is 153 cm³/mol. The van der Waals surface area contributed by atoms with Gasteiger partial charge in [-0.1, -0.05) is 63.1 Å². The van der Waals surface area contributed by atoms with Gasteiger partial charge in [-0.15, -0.1) is 11.3 Å². The van der Waals surface area contributed by atoms with E-state index in [1.807, 2.05) is 68.4 Å². The Kier molecular flexibility index (Phi) is 10.1. The summed E-state index contributed by atoms with van der Waals surface area (Å²) in [6, 6.07) is 17.1. The molecule has 1 N–H and O–H groups in total. The van der Waals surface area contributed by atoms with E-state index in [4.69, 9.17) is 4.74 Å². The molecule has 0 bridgehead atoms. The molecule has 0 atom stereocenters. The summed E-state index contributed by atoms with van der Waals surface area (Å²) >= 11 is 1.16. The van der Waals surface area contributed by atoms with Crippen LogP contribution in [0.15, 0.2) is 58.8 Å². The van der Waals surface area contributed by atoms with Gasteiger partial charge in [0.15, 0.2) is 0 Å². The number of amides is 2. The van der Waals surface area contributed by atoms with Crippen molar-refractivity contribution < 1.29 is 22.7 Å². The Bertz CT molecular complexity index is 1360. The van der Waals surface area contributed by atoms with Crippen molar-refractivity contribution >= 4 is 39.0 Å². The van der Waals surface area contributed by atoms with E-state index < -0.39 is 16.1 Å². The molecule has 3 rings (SSSR count). The summed E-state index contributed by atoms with van der Waals surface area (Å²) in [5.41, 5.74) is 3.96. The van der Waals surface area contributed by atoms with Gasteiger partial charge in [-0.3, -0.25) is 4.79 Å². The molecule has 0 saturated carbocycles. The average Bonchev–Trinajstić information content (AvgIpc) is 3.27. The van der Waals surface area contributed by atoms with E-state index in [2.05, 4.69) is 18.6 Å². The van der Waals surface area contributed by atoms with E-state index in [0.29, 0.717) is 36.4 Å². The topological polar surface area (TPSA) is 92.8 Å². The number of anilines is 1. The highest BCUT2D eigenvalue weighted by Gasteiger charge is 2.26. The number of unbranched alkanes of at least 4 members (excludes halogenated alkanes) is 1. The van der Waals surface area contributed by atoms with E-state index in [9.17, 15) is 18.0 Å². The second-order valence-electron chi connectivity index (χ2n) is 9.75. The fourth-order valence-corrected chi connectivity index (χ4v) is 6.79. The third-order valence-electron chi connectivity index (χ3n) is 5.86. The Morgan fingerprint density at radius 2 is 1.79 bits per heavy atom. The minimum absolute atomic E-state index is 0.0692. The number of rotatable bonds is 11. The molecular formula is C29H36N2O5S2. The molecule has 1 aromatic heterocycles. The van der Waals surface area contributed by atoms with E-state index >= 15 is 0 Å². The smallest absolute Gasteiger partial charge is 0.421 e. The van der Waals surface area contributed by atoms with Gasteiger partial charge in [0.1, 0.15) is 4.21 Å². The molecule has 0 aliphatic heterocycles. The van der Waals surface area contributed by atoms with Crippen molar-refractivity contribution in [3.8, 4) is 11.1 Å². The molecule has 0 fully saturated rings. The van der Waals surface area contributed by atoms with Crippen LogP contribution in [0.25, 0.3) is 11.1 Å². The molecule has 3 aromatic rings. The lowest BCUT2D eigenvalue weighted by atomic mass is 10.0. The van der Waals surface area contributed by atoms with Crippen molar-refractivity contribution in [1.29, 1.82) is 0 Å². The molecule has 1 heterocycles. The monoisotopic (exact) mass is 556 g/mol. The predicted octanol–water partition coefficient (Wildman–Crippen LogP) is 6.69. The maximum atomic E-state index is 13.3. The van der Waals surface area contributed by atoms with Crippen LogP contribution in [-0.2, 0) is 32.5 Å². The Labute approximate surface area is 229 Å². The Morgan fingerprint density at radius 1 is 1.08 bits per heavy atom. The molecular weight excluding hydrogens is 520 g/mol. The number of hydrogen-bond donors (Lipinski definition) is 1. The quantitative estimate of drug-likeness (QED) is 0.266. The number of carbonyl (C=O) groups is 2. The fourth-order valence-electron chi connectivity index (χ4n) is 3.95. The molecule has 38 heavy (non-hydrogen) atoms. The lowest BCUT2D eigenvalue weighted by molar-refractivity contribution is -0.116. The van der Waals surface area contributed by atoms with Gasteiger partial charge in [0.25, 0.3) is 10.0 Å². The van der Waals surface area contributed by atoms with Crippen LogP contribution in [0.4, 0.5) is 10.5 Å². The van der Waals surface area contributed by atoms with Crippen molar-refractivity contribution in [1.82, 2.24) is 4.72 Å². The van der Waals surface area contributed by atoms with Gasteiger partial charge in [0.2, 0.25) is 5.91 Å². The van der Waals surface area contributed by atoms with Crippen LogP contribution in [-0.4, -0.2) is 27.0 Å². The molecule has 9 heteroatoms. The summed E-state index contributed by atoms with van der Waals surface area (Å²) in [5.74, 6) is 0.233. The number of ether oxygens (including phenoxy) is 1. The Morgan fingerprint density at radius 3 is 2.42 bits per heavy atom. The Balaban J connectivity index is 1.96. The van der Waals surface area contributed by atoms with Crippen LogP contribution < -0.4 is 9.62 Å². The molecule has 0 radical (unpaired) electrons. The minimum Gasteiger partial charge on any atom is -0.449 e. The first-order valence-corrected chi connectivity index (χ1v) is 15.1. The van der Waals surface area contributed by atoms with Crippen molar-refractivity contribution in [2.75, 3.05) is 11.5 Å². The zero-order chi connectivity index (χ0) is 27.9. The van der Waals surface area contributed by atoms with Gasteiger partial charge >= 0.3 is 6.09 Å². The van der Waals surface area contributed by atoms with E-state index in [-0.39, 0.29) is 16.7 Å². The maximum Gasteiger partial charge on any atom is 0.421 e. The van der Waals surface area contributed by atoms with Crippen LogP contribution in [0.1, 0.15) is 56.5 Å². The summed E-state index contributed by atoms with van der Waals surface area (Å²) in [4.78, 5) is 27.3. The van der Waals surface area contributed by atoms with Crippen LogP contribution in [0.5, 0.6) is 0 Å². The normalized spacial score (nSPS) is 11.4. The largest absolute Gasteiger partial charge is 0.449 e. The third-order valence-corrected chi connectivity index (χ3v) is 8.86. The van der Waals surface area contributed by atoms with Gasteiger partial charge in [-0.2, -0.15) is 0 Å². The van der Waals surface area contributed by atoms with Gasteiger partial charge < -0.3 is 9.64 Å². The first-order chi connectivity index (χ1) is 18.0. The molecule has 2 amide bonds. The highest BCUT2D eigenvalue weighted by Crippen LogP contribution is 2.37. The highest BCUT2D eigenvalue weighted by atomic mass is 32.2. The van der Waals surface area contributed by atoms with Crippen molar-refractivity contribution in [2.24, 2.45) is 5.92 Å². The van der Waals surface area contributed by atoms with E-state index in [0.717, 1.165) is 39.4 Å². The molecule has 0 aliphatic carbocycles. The Hall–Kier alpha value is -3.17. The standard InChI is InChI=1S/C29H36N2O5S2/c1-6-7-15-36-29(33)30-38(34,35)28-27(18-26(37-28)16-20(2)3)24-10-8-9-23(17-24)19-31(22(5)32)25-13-11-21(4)12-14-25/h8-14,17-18,20H,6-7,15-16,19H2,1-5H3,(H,30,33). The number of nitrogens with one attached hydrogen (secondary N) is 1. The molecule has 2 aromatic carbocycles. The number of sulfonamides is 1. The van der Waals surface area contributed by atoms with Crippen molar-refractivity contribution in [3.05, 3.63) is 70.6 Å². The zero-order valence-electron chi connectivity index (χ0n) is 22.6. The van der Waals surface area contributed by atoms with Gasteiger partial charge in [-0.05, 0) is 61.1 Å². The van der Waals surface area contributed by atoms with Crippen LogP contribution in [0.3, 0.4) is 0 Å². The second-order valence-corrected chi connectivity index (χ2v) is 12.8. The number of nitrogens with zero attached hydrogens (tertiary/aromatic N) is 1. The second kappa shape index (κ2) is 13.1. The number of aryl methyl sites for hydroxylation is 1.